The van der Waals surface area contributed by atoms with Gasteiger partial charge in [0.15, 0.2) is 0 Å². The Labute approximate surface area is 129 Å². The molecule has 1 aromatic carbocycles. The van der Waals surface area contributed by atoms with E-state index in [9.17, 15) is 0 Å². The summed E-state index contributed by atoms with van der Waals surface area (Å²) < 4.78 is 0. The Balaban J connectivity index is 2.27. The summed E-state index contributed by atoms with van der Waals surface area (Å²) in [5.74, 6) is 1.06. The second-order valence-corrected chi connectivity index (χ2v) is 6.85. The Kier molecular flexibility index (Phi) is 5.46. The van der Waals surface area contributed by atoms with E-state index >= 15 is 0 Å². The number of nitrogens with zero attached hydrogens (tertiary/aromatic N) is 2. The quantitative estimate of drug-likeness (QED) is 0.827. The molecule has 0 fully saturated rings. The van der Waals surface area contributed by atoms with Crippen LogP contribution in [0.3, 0.4) is 0 Å². The number of anilines is 1. The summed E-state index contributed by atoms with van der Waals surface area (Å²) in [5, 5.41) is 0. The topological polar surface area (TPSA) is 42.2 Å². The van der Waals surface area contributed by atoms with Crippen LogP contribution in [0, 0.1) is 6.92 Å². The highest BCUT2D eigenvalue weighted by Crippen LogP contribution is 2.31. The number of aromatic nitrogens is 1. The second kappa shape index (κ2) is 7.11. The van der Waals surface area contributed by atoms with Crippen LogP contribution in [0.2, 0.25) is 0 Å². The van der Waals surface area contributed by atoms with E-state index < -0.39 is 0 Å². The van der Waals surface area contributed by atoms with Gasteiger partial charge >= 0.3 is 0 Å². The molecule has 0 aliphatic rings. The minimum Gasteiger partial charge on any atom is -0.369 e. The molecule has 0 aliphatic carbocycles. The van der Waals surface area contributed by atoms with Crippen LogP contribution in [0.1, 0.15) is 23.1 Å². The van der Waals surface area contributed by atoms with E-state index in [1.54, 1.807) is 11.3 Å². The molecule has 2 rings (SSSR count). The maximum atomic E-state index is 5.97. The van der Waals surface area contributed by atoms with Crippen LogP contribution in [0.5, 0.6) is 0 Å². The first-order valence-electron chi connectivity index (χ1n) is 6.72. The zero-order valence-corrected chi connectivity index (χ0v) is 13.9. The van der Waals surface area contributed by atoms with E-state index in [1.165, 1.54) is 21.0 Å². The van der Waals surface area contributed by atoms with E-state index in [2.05, 4.69) is 49.0 Å². The number of thioether (sulfide) groups is 1. The third-order valence-corrected chi connectivity index (χ3v) is 5.15. The molecule has 0 bridgehead atoms. The van der Waals surface area contributed by atoms with Crippen molar-refractivity contribution >= 4 is 28.8 Å². The average Bonchev–Trinajstić information content (AvgIpc) is 2.84. The van der Waals surface area contributed by atoms with Crippen molar-refractivity contribution in [2.75, 3.05) is 17.7 Å². The molecule has 20 heavy (non-hydrogen) atoms. The first kappa shape index (κ1) is 15.4. The van der Waals surface area contributed by atoms with Crippen LogP contribution in [0.25, 0.3) is 0 Å². The zero-order valence-electron chi connectivity index (χ0n) is 12.2. The molecule has 1 aromatic heterocycles. The molecule has 2 aromatic rings. The van der Waals surface area contributed by atoms with Gasteiger partial charge in [-0.1, -0.05) is 13.0 Å². The number of hydrogen-bond acceptors (Lipinski definition) is 5. The smallest absolute Gasteiger partial charge is 0.0798 e. The highest BCUT2D eigenvalue weighted by Gasteiger charge is 2.12. The maximum Gasteiger partial charge on any atom is 0.0798 e. The van der Waals surface area contributed by atoms with Crippen LogP contribution in [0.4, 0.5) is 5.69 Å². The van der Waals surface area contributed by atoms with Crippen molar-refractivity contribution in [1.29, 1.82) is 0 Å². The molecule has 0 radical (unpaired) electrons. The van der Waals surface area contributed by atoms with E-state index in [-0.39, 0.29) is 0 Å². The summed E-state index contributed by atoms with van der Waals surface area (Å²) in [5.41, 5.74) is 11.5. The molecule has 0 atom stereocenters. The highest BCUT2D eigenvalue weighted by atomic mass is 32.2. The number of thiazole rings is 1. The summed E-state index contributed by atoms with van der Waals surface area (Å²) >= 11 is 3.56. The molecule has 0 aliphatic heterocycles. The van der Waals surface area contributed by atoms with Crippen molar-refractivity contribution in [2.45, 2.75) is 31.8 Å². The second-order valence-electron chi connectivity index (χ2n) is 4.61. The van der Waals surface area contributed by atoms with Crippen molar-refractivity contribution in [1.82, 2.24) is 4.98 Å². The van der Waals surface area contributed by atoms with Gasteiger partial charge < -0.3 is 10.6 Å². The Bertz CT molecular complexity index is 566. The predicted molar refractivity (Wildman–Crippen MR) is 89.7 cm³/mol. The molecular weight excluding hydrogens is 286 g/mol. The first-order chi connectivity index (χ1) is 9.67. The molecule has 2 N–H and O–H groups in total. The zero-order chi connectivity index (χ0) is 14.5. The Morgan fingerprint density at radius 2 is 2.20 bits per heavy atom. The van der Waals surface area contributed by atoms with Crippen LogP contribution in [-0.2, 0) is 13.1 Å². The minimum absolute atomic E-state index is 0.574. The fraction of sp³-hybridized carbons (Fsp3) is 0.400. The Morgan fingerprint density at radius 1 is 1.40 bits per heavy atom. The van der Waals surface area contributed by atoms with Gasteiger partial charge in [-0.15, -0.1) is 23.1 Å². The van der Waals surface area contributed by atoms with Gasteiger partial charge in [0.2, 0.25) is 0 Å². The van der Waals surface area contributed by atoms with Crippen molar-refractivity contribution in [3.05, 3.63) is 39.8 Å². The molecule has 0 unspecified atom stereocenters. The molecule has 5 heteroatoms. The lowest BCUT2D eigenvalue weighted by Crippen LogP contribution is -2.19. The van der Waals surface area contributed by atoms with E-state index in [4.69, 9.17) is 5.73 Å². The minimum atomic E-state index is 0.574. The summed E-state index contributed by atoms with van der Waals surface area (Å²) in [7, 11) is 2.12. The lowest BCUT2D eigenvalue weighted by Gasteiger charge is -2.23. The van der Waals surface area contributed by atoms with Gasteiger partial charge in [0.1, 0.15) is 0 Å². The SMILES string of the molecule is CCSc1cccc(N(C)Cc2scnc2C)c1CN. The summed E-state index contributed by atoms with van der Waals surface area (Å²) in [4.78, 5) is 9.18. The lowest BCUT2D eigenvalue weighted by atomic mass is 10.1. The monoisotopic (exact) mass is 307 g/mol. The van der Waals surface area contributed by atoms with Crippen LogP contribution >= 0.6 is 23.1 Å². The van der Waals surface area contributed by atoms with Crippen molar-refractivity contribution in [3.63, 3.8) is 0 Å². The Morgan fingerprint density at radius 3 is 2.80 bits per heavy atom. The van der Waals surface area contributed by atoms with Crippen molar-refractivity contribution < 1.29 is 0 Å². The number of benzene rings is 1. The number of hydrogen-bond donors (Lipinski definition) is 1. The van der Waals surface area contributed by atoms with Gasteiger partial charge in [0.25, 0.3) is 0 Å². The fourth-order valence-electron chi connectivity index (χ4n) is 2.19. The summed E-state index contributed by atoms with van der Waals surface area (Å²) in [6, 6.07) is 6.42. The van der Waals surface area contributed by atoms with E-state index in [0.29, 0.717) is 6.54 Å². The average molecular weight is 307 g/mol. The van der Waals surface area contributed by atoms with Crippen LogP contribution in [-0.4, -0.2) is 17.8 Å². The normalized spacial score (nSPS) is 10.8. The third kappa shape index (κ3) is 3.34. The largest absolute Gasteiger partial charge is 0.369 e. The van der Waals surface area contributed by atoms with E-state index in [0.717, 1.165) is 18.0 Å². The molecule has 3 nitrogen and oxygen atoms in total. The van der Waals surface area contributed by atoms with Gasteiger partial charge in [-0.05, 0) is 24.8 Å². The Hall–Kier alpha value is -1.04. The molecule has 0 amide bonds. The first-order valence-corrected chi connectivity index (χ1v) is 8.58. The number of rotatable bonds is 6. The van der Waals surface area contributed by atoms with Crippen molar-refractivity contribution in [3.8, 4) is 0 Å². The lowest BCUT2D eigenvalue weighted by molar-refractivity contribution is 0.897. The van der Waals surface area contributed by atoms with Gasteiger partial charge in [-0.25, -0.2) is 4.98 Å². The molecule has 0 spiro atoms. The summed E-state index contributed by atoms with van der Waals surface area (Å²) in [6.45, 7) is 5.68. The number of aryl methyl sites for hydroxylation is 1. The highest BCUT2D eigenvalue weighted by molar-refractivity contribution is 7.99. The fourth-order valence-corrected chi connectivity index (χ4v) is 3.86. The predicted octanol–water partition coefficient (Wildman–Crippen LogP) is 3.66. The van der Waals surface area contributed by atoms with Gasteiger partial charge in [-0.2, -0.15) is 0 Å². The maximum absolute atomic E-state index is 5.97. The molecule has 0 saturated carbocycles. The van der Waals surface area contributed by atoms with Crippen LogP contribution in [0.15, 0.2) is 28.6 Å². The third-order valence-electron chi connectivity index (χ3n) is 3.25. The van der Waals surface area contributed by atoms with Crippen LogP contribution < -0.4 is 10.6 Å². The van der Waals surface area contributed by atoms with Gasteiger partial charge in [-0.3, -0.25) is 0 Å². The van der Waals surface area contributed by atoms with E-state index in [1.807, 2.05) is 17.3 Å². The standard InChI is InChI=1S/C15H21N3S2/c1-4-19-14-7-5-6-13(12(14)8-16)18(3)9-15-11(2)17-10-20-15/h5-7,10H,4,8-9,16H2,1-3H3. The molecule has 0 saturated heterocycles. The molecular formula is C15H21N3S2. The molecule has 1 heterocycles. The molecule has 108 valence electrons. The number of nitrogens with two attached hydrogens (primary N) is 1. The van der Waals surface area contributed by atoms with Crippen molar-refractivity contribution in [2.24, 2.45) is 5.73 Å². The van der Waals surface area contributed by atoms with Gasteiger partial charge in [0, 0.05) is 34.6 Å². The van der Waals surface area contributed by atoms with Gasteiger partial charge in [0.05, 0.1) is 17.7 Å². The summed E-state index contributed by atoms with van der Waals surface area (Å²) in [6.07, 6.45) is 0.